The normalized spacial score (nSPS) is 12.4. The summed E-state index contributed by atoms with van der Waals surface area (Å²) in [5, 5.41) is 0. The first kappa shape index (κ1) is 11.1. The molecule has 0 aliphatic rings. The van der Waals surface area contributed by atoms with Crippen LogP contribution in [-0.4, -0.2) is 15.4 Å². The maximum Gasteiger partial charge on any atom is 0.0721 e. The molecule has 76 valence electrons. The van der Waals surface area contributed by atoms with Crippen LogP contribution in [0.3, 0.4) is 0 Å². The van der Waals surface area contributed by atoms with Gasteiger partial charge in [0.15, 0.2) is 0 Å². The van der Waals surface area contributed by atoms with Crippen molar-refractivity contribution in [2.24, 2.45) is 0 Å². The molecule has 0 aromatic heterocycles. The molecular formula is C10H11O3S-. The molecule has 1 aromatic rings. The average Bonchev–Trinajstić information content (AvgIpc) is 2.19. The molecule has 14 heavy (non-hydrogen) atoms. The molecule has 1 unspecified atom stereocenters. The van der Waals surface area contributed by atoms with Crippen LogP contribution in [0.2, 0.25) is 0 Å². The summed E-state index contributed by atoms with van der Waals surface area (Å²) in [6.45, 7) is 4.38. The Kier molecular flexibility index (Phi) is 4.52. The van der Waals surface area contributed by atoms with E-state index in [4.69, 9.17) is 4.74 Å². The molecule has 0 saturated heterocycles. The number of benzene rings is 1. The van der Waals surface area contributed by atoms with Gasteiger partial charge >= 0.3 is 0 Å². The monoisotopic (exact) mass is 211 g/mol. The average molecular weight is 211 g/mol. The van der Waals surface area contributed by atoms with E-state index in [1.165, 1.54) is 0 Å². The minimum Gasteiger partial charge on any atom is -0.768 e. The van der Waals surface area contributed by atoms with E-state index >= 15 is 0 Å². The van der Waals surface area contributed by atoms with E-state index in [2.05, 4.69) is 6.58 Å². The Labute approximate surface area is 85.7 Å². The molecule has 0 N–H and O–H groups in total. The molecule has 0 heterocycles. The first-order valence-electron chi connectivity index (χ1n) is 4.11. The van der Waals surface area contributed by atoms with Crippen LogP contribution < -0.4 is 0 Å². The minimum atomic E-state index is -2.17. The SMILES string of the molecule is C=CCOCc1cccc(S(=O)[O-])c1. The Hall–Kier alpha value is -0.970. The third kappa shape index (κ3) is 3.41. The first-order valence-corrected chi connectivity index (χ1v) is 5.18. The lowest BCUT2D eigenvalue weighted by atomic mass is 10.2. The Morgan fingerprint density at radius 3 is 3.00 bits per heavy atom. The summed E-state index contributed by atoms with van der Waals surface area (Å²) in [5.74, 6) is 0. The van der Waals surface area contributed by atoms with Crippen LogP contribution in [0.4, 0.5) is 0 Å². The summed E-state index contributed by atoms with van der Waals surface area (Å²) in [4.78, 5) is 0.282. The third-order valence-corrected chi connectivity index (χ3v) is 2.23. The van der Waals surface area contributed by atoms with Gasteiger partial charge in [-0.25, -0.2) is 0 Å². The summed E-state index contributed by atoms with van der Waals surface area (Å²) >= 11 is -2.17. The van der Waals surface area contributed by atoms with Gasteiger partial charge in [-0.3, -0.25) is 4.21 Å². The van der Waals surface area contributed by atoms with E-state index < -0.39 is 11.1 Å². The van der Waals surface area contributed by atoms with Gasteiger partial charge in [0.25, 0.3) is 0 Å². The van der Waals surface area contributed by atoms with Crippen molar-refractivity contribution in [2.75, 3.05) is 6.61 Å². The van der Waals surface area contributed by atoms with Gasteiger partial charge in [-0.1, -0.05) is 18.2 Å². The van der Waals surface area contributed by atoms with Crippen molar-refractivity contribution < 1.29 is 13.5 Å². The third-order valence-electron chi connectivity index (χ3n) is 1.60. The highest BCUT2D eigenvalue weighted by Crippen LogP contribution is 2.09. The van der Waals surface area contributed by atoms with Crippen LogP contribution in [0.5, 0.6) is 0 Å². The quantitative estimate of drug-likeness (QED) is 0.422. The first-order chi connectivity index (χ1) is 6.74. The van der Waals surface area contributed by atoms with Crippen molar-refractivity contribution >= 4 is 11.1 Å². The molecule has 1 rings (SSSR count). The smallest absolute Gasteiger partial charge is 0.0721 e. The fourth-order valence-electron chi connectivity index (χ4n) is 0.999. The van der Waals surface area contributed by atoms with Crippen molar-refractivity contribution in [1.29, 1.82) is 0 Å². The van der Waals surface area contributed by atoms with E-state index in [0.717, 1.165) is 5.56 Å². The predicted molar refractivity (Wildman–Crippen MR) is 53.5 cm³/mol. The van der Waals surface area contributed by atoms with Crippen molar-refractivity contribution in [1.82, 2.24) is 0 Å². The van der Waals surface area contributed by atoms with Crippen molar-refractivity contribution in [3.05, 3.63) is 42.5 Å². The Bertz CT molecular complexity index is 336. The second-order valence-corrected chi connectivity index (χ2v) is 3.63. The summed E-state index contributed by atoms with van der Waals surface area (Å²) in [6, 6.07) is 6.64. The topological polar surface area (TPSA) is 49.4 Å². The molecule has 0 fully saturated rings. The highest BCUT2D eigenvalue weighted by atomic mass is 32.2. The molecule has 0 bridgehead atoms. The molecule has 1 aromatic carbocycles. The highest BCUT2D eigenvalue weighted by Gasteiger charge is 1.95. The lowest BCUT2D eigenvalue weighted by Gasteiger charge is -2.07. The lowest BCUT2D eigenvalue weighted by Crippen LogP contribution is -1.95. The van der Waals surface area contributed by atoms with Crippen LogP contribution in [0.1, 0.15) is 5.56 Å². The number of rotatable bonds is 5. The largest absolute Gasteiger partial charge is 0.768 e. The Morgan fingerprint density at radius 1 is 1.57 bits per heavy atom. The Morgan fingerprint density at radius 2 is 2.36 bits per heavy atom. The lowest BCUT2D eigenvalue weighted by molar-refractivity contribution is 0.149. The molecule has 0 radical (unpaired) electrons. The Balaban J connectivity index is 2.63. The van der Waals surface area contributed by atoms with Gasteiger partial charge in [-0.15, -0.1) is 6.58 Å². The number of hydrogen-bond donors (Lipinski definition) is 0. The van der Waals surface area contributed by atoms with Gasteiger partial charge in [0.1, 0.15) is 0 Å². The predicted octanol–water partition coefficient (Wildman–Crippen LogP) is 1.63. The fourth-order valence-corrected chi connectivity index (χ4v) is 1.44. The standard InChI is InChI=1S/C10H12O3S/c1-2-6-13-8-9-4-3-5-10(7-9)14(11)12/h2-5,7H,1,6,8H2,(H,11,12)/p-1. The van der Waals surface area contributed by atoms with Crippen molar-refractivity contribution in [3.8, 4) is 0 Å². The summed E-state index contributed by atoms with van der Waals surface area (Å²) in [6.07, 6.45) is 1.65. The molecule has 0 amide bonds. The van der Waals surface area contributed by atoms with Crippen LogP contribution in [-0.2, 0) is 22.4 Å². The summed E-state index contributed by atoms with van der Waals surface area (Å²) in [7, 11) is 0. The second-order valence-electron chi connectivity index (χ2n) is 2.69. The van der Waals surface area contributed by atoms with Gasteiger partial charge in [-0.05, 0) is 28.8 Å². The van der Waals surface area contributed by atoms with Gasteiger partial charge < -0.3 is 9.29 Å². The zero-order chi connectivity index (χ0) is 10.4. The van der Waals surface area contributed by atoms with Crippen molar-refractivity contribution in [3.63, 3.8) is 0 Å². The summed E-state index contributed by atoms with van der Waals surface area (Å²) in [5.41, 5.74) is 0.841. The molecule has 0 spiro atoms. The number of hydrogen-bond acceptors (Lipinski definition) is 3. The molecule has 1 atom stereocenters. The van der Waals surface area contributed by atoms with Crippen LogP contribution in [0, 0.1) is 0 Å². The van der Waals surface area contributed by atoms with E-state index in [0.29, 0.717) is 13.2 Å². The van der Waals surface area contributed by atoms with E-state index in [1.54, 1.807) is 24.3 Å². The maximum atomic E-state index is 10.6. The molecule has 3 nitrogen and oxygen atoms in total. The minimum absolute atomic E-state index is 0.282. The summed E-state index contributed by atoms with van der Waals surface area (Å²) < 4.78 is 26.4. The molecular weight excluding hydrogens is 200 g/mol. The second kappa shape index (κ2) is 5.70. The number of ether oxygens (including phenoxy) is 1. The van der Waals surface area contributed by atoms with Crippen LogP contribution in [0.25, 0.3) is 0 Å². The van der Waals surface area contributed by atoms with Gasteiger partial charge in [0.05, 0.1) is 13.2 Å². The van der Waals surface area contributed by atoms with Gasteiger partial charge in [0, 0.05) is 4.90 Å². The van der Waals surface area contributed by atoms with Crippen LogP contribution >= 0.6 is 0 Å². The molecule has 0 aliphatic heterocycles. The molecule has 0 aliphatic carbocycles. The fraction of sp³-hybridized carbons (Fsp3) is 0.200. The zero-order valence-corrected chi connectivity index (χ0v) is 8.46. The van der Waals surface area contributed by atoms with Gasteiger partial charge in [0.2, 0.25) is 0 Å². The zero-order valence-electron chi connectivity index (χ0n) is 7.64. The van der Waals surface area contributed by atoms with Crippen molar-refractivity contribution in [2.45, 2.75) is 11.5 Å². The molecule has 0 saturated carbocycles. The highest BCUT2D eigenvalue weighted by molar-refractivity contribution is 7.79. The van der Waals surface area contributed by atoms with E-state index in [1.807, 2.05) is 6.07 Å². The van der Waals surface area contributed by atoms with Crippen LogP contribution in [0.15, 0.2) is 41.8 Å². The maximum absolute atomic E-state index is 10.6. The van der Waals surface area contributed by atoms with E-state index in [-0.39, 0.29) is 4.90 Å². The van der Waals surface area contributed by atoms with E-state index in [9.17, 15) is 8.76 Å². The van der Waals surface area contributed by atoms with Gasteiger partial charge in [-0.2, -0.15) is 0 Å². The molecule has 4 heteroatoms.